The lowest BCUT2D eigenvalue weighted by atomic mass is 9.99. The molecule has 0 aliphatic heterocycles. The molecular formula is C15H23ClN2O. The highest BCUT2D eigenvalue weighted by Crippen LogP contribution is 2.26. The van der Waals surface area contributed by atoms with Crippen molar-refractivity contribution in [3.8, 4) is 0 Å². The van der Waals surface area contributed by atoms with Gasteiger partial charge < -0.3 is 10.6 Å². The average molecular weight is 283 g/mol. The van der Waals surface area contributed by atoms with Crippen molar-refractivity contribution in [2.45, 2.75) is 45.2 Å². The highest BCUT2D eigenvalue weighted by molar-refractivity contribution is 6.31. The second-order valence-corrected chi connectivity index (χ2v) is 6.10. The van der Waals surface area contributed by atoms with Crippen molar-refractivity contribution in [2.75, 3.05) is 7.05 Å². The van der Waals surface area contributed by atoms with Crippen molar-refractivity contribution in [1.82, 2.24) is 4.90 Å². The zero-order chi connectivity index (χ0) is 14.6. The molecular weight excluding hydrogens is 260 g/mol. The Balaban J connectivity index is 2.69. The van der Waals surface area contributed by atoms with E-state index in [2.05, 4.69) is 0 Å². The Morgan fingerprint density at radius 1 is 1.42 bits per heavy atom. The van der Waals surface area contributed by atoms with E-state index in [1.54, 1.807) is 11.9 Å². The second-order valence-electron chi connectivity index (χ2n) is 5.69. The Kier molecular flexibility index (Phi) is 5.39. The predicted molar refractivity (Wildman–Crippen MR) is 80.1 cm³/mol. The summed E-state index contributed by atoms with van der Waals surface area (Å²) in [7, 11) is 1.81. The molecule has 0 aliphatic rings. The normalized spacial score (nSPS) is 13.2. The van der Waals surface area contributed by atoms with Crippen LogP contribution in [0.15, 0.2) is 24.3 Å². The molecule has 0 aromatic heterocycles. The van der Waals surface area contributed by atoms with Crippen LogP contribution in [0.2, 0.25) is 5.02 Å². The highest BCUT2D eigenvalue weighted by Gasteiger charge is 2.21. The van der Waals surface area contributed by atoms with Crippen LogP contribution in [0.5, 0.6) is 0 Å². The molecule has 0 heterocycles. The summed E-state index contributed by atoms with van der Waals surface area (Å²) < 4.78 is 0. The Hall–Kier alpha value is -1.06. The van der Waals surface area contributed by atoms with Gasteiger partial charge in [-0.15, -0.1) is 0 Å². The Morgan fingerprint density at radius 3 is 2.53 bits per heavy atom. The summed E-state index contributed by atoms with van der Waals surface area (Å²) in [6.45, 7) is 5.84. The lowest BCUT2D eigenvalue weighted by Crippen LogP contribution is -2.35. The van der Waals surface area contributed by atoms with Crippen LogP contribution in [-0.2, 0) is 4.79 Å². The molecule has 0 spiro atoms. The van der Waals surface area contributed by atoms with Gasteiger partial charge in [0.25, 0.3) is 0 Å². The van der Waals surface area contributed by atoms with Crippen LogP contribution in [0.4, 0.5) is 0 Å². The van der Waals surface area contributed by atoms with Crippen LogP contribution in [0.1, 0.15) is 45.2 Å². The van der Waals surface area contributed by atoms with Crippen LogP contribution < -0.4 is 5.73 Å². The molecule has 0 radical (unpaired) electrons. The van der Waals surface area contributed by atoms with Gasteiger partial charge >= 0.3 is 0 Å². The van der Waals surface area contributed by atoms with Crippen molar-refractivity contribution >= 4 is 17.5 Å². The quantitative estimate of drug-likeness (QED) is 0.900. The van der Waals surface area contributed by atoms with Gasteiger partial charge in [-0.05, 0) is 38.8 Å². The number of carbonyl (C=O) groups is 1. The fraction of sp³-hybridized carbons (Fsp3) is 0.533. The van der Waals surface area contributed by atoms with Crippen LogP contribution in [0.25, 0.3) is 0 Å². The number of amides is 1. The molecule has 1 aromatic rings. The number of hydrogen-bond acceptors (Lipinski definition) is 2. The number of nitrogens with zero attached hydrogens (tertiary/aromatic N) is 1. The van der Waals surface area contributed by atoms with Crippen molar-refractivity contribution in [1.29, 1.82) is 0 Å². The van der Waals surface area contributed by atoms with Gasteiger partial charge in [0.05, 0.1) is 6.04 Å². The molecule has 19 heavy (non-hydrogen) atoms. The third-order valence-electron chi connectivity index (χ3n) is 3.31. The van der Waals surface area contributed by atoms with Crippen molar-refractivity contribution in [2.24, 2.45) is 5.73 Å². The molecule has 0 aliphatic carbocycles. The lowest BCUT2D eigenvalue weighted by Gasteiger charge is -2.27. The van der Waals surface area contributed by atoms with Gasteiger partial charge in [-0.2, -0.15) is 0 Å². The van der Waals surface area contributed by atoms with Crippen molar-refractivity contribution < 1.29 is 4.79 Å². The van der Waals surface area contributed by atoms with E-state index in [1.807, 2.05) is 45.0 Å². The van der Waals surface area contributed by atoms with E-state index in [0.717, 1.165) is 5.56 Å². The SMILES string of the molecule is CC(c1ccccc1Cl)N(C)C(=O)CCC(C)(C)N. The van der Waals surface area contributed by atoms with Crippen molar-refractivity contribution in [3.63, 3.8) is 0 Å². The molecule has 0 fully saturated rings. The summed E-state index contributed by atoms with van der Waals surface area (Å²) in [5, 5.41) is 0.689. The number of nitrogens with two attached hydrogens (primary N) is 1. The van der Waals surface area contributed by atoms with Crippen LogP contribution in [0.3, 0.4) is 0 Å². The van der Waals surface area contributed by atoms with Gasteiger partial charge in [-0.1, -0.05) is 29.8 Å². The highest BCUT2D eigenvalue weighted by atomic mass is 35.5. The summed E-state index contributed by atoms with van der Waals surface area (Å²) in [5.74, 6) is 0.0888. The lowest BCUT2D eigenvalue weighted by molar-refractivity contribution is -0.132. The van der Waals surface area contributed by atoms with Gasteiger partial charge in [0.15, 0.2) is 0 Å². The topological polar surface area (TPSA) is 46.3 Å². The van der Waals surface area contributed by atoms with Crippen molar-refractivity contribution in [3.05, 3.63) is 34.9 Å². The van der Waals surface area contributed by atoms with E-state index in [-0.39, 0.29) is 17.5 Å². The van der Waals surface area contributed by atoms with Crippen LogP contribution in [0, 0.1) is 0 Å². The maximum absolute atomic E-state index is 12.1. The first-order chi connectivity index (χ1) is 8.72. The molecule has 0 saturated carbocycles. The largest absolute Gasteiger partial charge is 0.339 e. The van der Waals surface area contributed by atoms with E-state index >= 15 is 0 Å². The molecule has 1 atom stereocenters. The van der Waals surface area contributed by atoms with E-state index in [1.165, 1.54) is 0 Å². The summed E-state index contributed by atoms with van der Waals surface area (Å²) >= 11 is 6.16. The summed E-state index contributed by atoms with van der Waals surface area (Å²) in [4.78, 5) is 13.9. The van der Waals surface area contributed by atoms with E-state index < -0.39 is 0 Å². The average Bonchev–Trinajstić information content (AvgIpc) is 2.34. The van der Waals surface area contributed by atoms with Gasteiger partial charge in [0.2, 0.25) is 5.91 Å². The minimum atomic E-state index is -0.315. The Bertz CT molecular complexity index is 440. The standard InChI is InChI=1S/C15H23ClN2O/c1-11(12-7-5-6-8-13(12)16)18(4)14(19)9-10-15(2,3)17/h5-8,11H,9-10,17H2,1-4H3. The molecule has 106 valence electrons. The molecule has 2 N–H and O–H groups in total. The third kappa shape index (κ3) is 4.84. The molecule has 1 aromatic carbocycles. The smallest absolute Gasteiger partial charge is 0.222 e. The molecule has 3 nitrogen and oxygen atoms in total. The van der Waals surface area contributed by atoms with E-state index in [0.29, 0.717) is 17.9 Å². The monoisotopic (exact) mass is 282 g/mol. The number of rotatable bonds is 5. The van der Waals surface area contributed by atoms with Gasteiger partial charge in [0, 0.05) is 24.0 Å². The Labute approximate surface area is 120 Å². The van der Waals surface area contributed by atoms with Gasteiger partial charge in [-0.25, -0.2) is 0 Å². The third-order valence-corrected chi connectivity index (χ3v) is 3.66. The second kappa shape index (κ2) is 6.40. The van der Waals surface area contributed by atoms with Crippen LogP contribution >= 0.6 is 11.6 Å². The first-order valence-corrected chi connectivity index (χ1v) is 6.89. The van der Waals surface area contributed by atoms with E-state index in [9.17, 15) is 4.79 Å². The zero-order valence-corrected chi connectivity index (χ0v) is 12.9. The predicted octanol–water partition coefficient (Wildman–Crippen LogP) is 3.38. The molecule has 1 rings (SSSR count). The molecule has 4 heteroatoms. The fourth-order valence-electron chi connectivity index (χ4n) is 1.84. The summed E-state index contributed by atoms with van der Waals surface area (Å²) in [6.07, 6.45) is 1.13. The minimum Gasteiger partial charge on any atom is -0.339 e. The van der Waals surface area contributed by atoms with Crippen LogP contribution in [-0.4, -0.2) is 23.4 Å². The van der Waals surface area contributed by atoms with E-state index in [4.69, 9.17) is 17.3 Å². The first kappa shape index (κ1) is 16.0. The minimum absolute atomic E-state index is 0.0397. The number of carbonyl (C=O) groups excluding carboxylic acids is 1. The summed E-state index contributed by atoms with van der Waals surface area (Å²) in [5.41, 5.74) is 6.55. The maximum atomic E-state index is 12.1. The number of hydrogen-bond donors (Lipinski definition) is 1. The first-order valence-electron chi connectivity index (χ1n) is 6.51. The van der Waals surface area contributed by atoms with Gasteiger partial charge in [-0.3, -0.25) is 4.79 Å². The number of benzene rings is 1. The Morgan fingerprint density at radius 2 is 2.00 bits per heavy atom. The number of halogens is 1. The maximum Gasteiger partial charge on any atom is 0.222 e. The molecule has 0 bridgehead atoms. The fourth-order valence-corrected chi connectivity index (χ4v) is 2.14. The zero-order valence-electron chi connectivity index (χ0n) is 12.1. The van der Waals surface area contributed by atoms with Gasteiger partial charge in [0.1, 0.15) is 0 Å². The molecule has 1 unspecified atom stereocenters. The molecule has 0 saturated heterocycles. The molecule has 1 amide bonds. The summed E-state index contributed by atoms with van der Waals surface area (Å²) in [6, 6.07) is 7.57.